The summed E-state index contributed by atoms with van der Waals surface area (Å²) in [6, 6.07) is 7.62. The minimum atomic E-state index is -0.522. The van der Waals surface area contributed by atoms with Crippen LogP contribution in [0.1, 0.15) is 52.9 Å². The molecule has 186 valence electrons. The second-order valence-corrected chi connectivity index (χ2v) is 11.1. The van der Waals surface area contributed by atoms with Crippen LogP contribution >= 0.6 is 0 Å². The van der Waals surface area contributed by atoms with Crippen molar-refractivity contribution >= 4 is 17.3 Å². The Balaban J connectivity index is 1.21. The van der Waals surface area contributed by atoms with E-state index in [1.165, 1.54) is 6.07 Å². The zero-order valence-corrected chi connectivity index (χ0v) is 20.8. The molecule has 0 aromatic heterocycles. The highest BCUT2D eigenvalue weighted by Crippen LogP contribution is 2.36. The van der Waals surface area contributed by atoms with Crippen molar-refractivity contribution in [1.82, 2.24) is 9.96 Å². The number of hydrogen-bond donors (Lipinski definition) is 1. The zero-order chi connectivity index (χ0) is 24.3. The van der Waals surface area contributed by atoms with E-state index in [9.17, 15) is 14.4 Å². The summed E-state index contributed by atoms with van der Waals surface area (Å²) in [7, 11) is 0. The van der Waals surface area contributed by atoms with Crippen LogP contribution in [0.3, 0.4) is 0 Å². The fourth-order valence-corrected chi connectivity index (χ4v) is 4.89. The number of carbonyl (C=O) groups excluding carboxylic acids is 1. The molecule has 0 spiro atoms. The molecular weight excluding hydrogens is 433 g/mol. The Bertz CT molecular complexity index is 905. The highest BCUT2D eigenvalue weighted by molar-refractivity contribution is 5.75. The van der Waals surface area contributed by atoms with Crippen LogP contribution in [0.4, 0.5) is 15.8 Å². The molecule has 0 bridgehead atoms. The van der Waals surface area contributed by atoms with Crippen LogP contribution in [0.2, 0.25) is 0 Å². The molecule has 1 aliphatic carbocycles. The van der Waals surface area contributed by atoms with Gasteiger partial charge in [-0.05, 0) is 77.0 Å². The van der Waals surface area contributed by atoms with Gasteiger partial charge in [-0.3, -0.25) is 0 Å². The standard InChI is InChI=1S/C26H38FN5O2/c1-25(2,3)24(33)34-32-15-13-30(14-16-32)18-20-7-11-31(12-8-20)23-6-5-21(17-22(23)27)29-26(19-28)9-4-10-26/h5-6,17,20,29H,4,7-16,18H2,1-3H3. The lowest BCUT2D eigenvalue weighted by atomic mass is 9.78. The molecule has 1 saturated carbocycles. The SMILES string of the molecule is CC(C)(C)C(=O)ON1CCN(CC2CCN(c3ccc(NC4(C#N)CCC4)cc3F)CC2)CC1. The molecule has 0 amide bonds. The van der Waals surface area contributed by atoms with E-state index in [-0.39, 0.29) is 11.8 Å². The Labute approximate surface area is 202 Å². The van der Waals surface area contributed by atoms with Gasteiger partial charge in [0.25, 0.3) is 0 Å². The van der Waals surface area contributed by atoms with Gasteiger partial charge in [0.15, 0.2) is 0 Å². The predicted molar refractivity (Wildman–Crippen MR) is 131 cm³/mol. The average molecular weight is 472 g/mol. The summed E-state index contributed by atoms with van der Waals surface area (Å²) in [6.45, 7) is 11.6. The van der Waals surface area contributed by atoms with E-state index in [2.05, 4.69) is 21.2 Å². The van der Waals surface area contributed by atoms with E-state index >= 15 is 0 Å². The zero-order valence-electron chi connectivity index (χ0n) is 20.8. The fourth-order valence-electron chi connectivity index (χ4n) is 4.89. The molecule has 2 saturated heterocycles. The largest absolute Gasteiger partial charge is 0.369 e. The van der Waals surface area contributed by atoms with E-state index in [0.29, 0.717) is 17.3 Å². The number of hydroxylamine groups is 2. The number of benzene rings is 1. The van der Waals surface area contributed by atoms with Gasteiger partial charge in [0, 0.05) is 51.5 Å². The van der Waals surface area contributed by atoms with Crippen LogP contribution < -0.4 is 10.2 Å². The maximum atomic E-state index is 14.9. The Morgan fingerprint density at radius 2 is 1.85 bits per heavy atom. The van der Waals surface area contributed by atoms with Crippen molar-refractivity contribution < 1.29 is 14.0 Å². The Morgan fingerprint density at radius 3 is 2.38 bits per heavy atom. The van der Waals surface area contributed by atoms with Gasteiger partial charge < -0.3 is 20.0 Å². The Morgan fingerprint density at radius 1 is 1.18 bits per heavy atom. The first-order chi connectivity index (χ1) is 16.2. The van der Waals surface area contributed by atoms with E-state index in [1.807, 2.05) is 32.9 Å². The number of piperazine rings is 1. The molecule has 0 unspecified atom stereocenters. The highest BCUT2D eigenvalue weighted by atomic mass is 19.1. The molecule has 0 atom stereocenters. The van der Waals surface area contributed by atoms with Crippen LogP contribution in [-0.4, -0.2) is 67.3 Å². The Hall–Kier alpha value is -2.37. The van der Waals surface area contributed by atoms with Crippen LogP contribution in [0, 0.1) is 28.5 Å². The maximum Gasteiger partial charge on any atom is 0.330 e. The maximum absolute atomic E-state index is 14.9. The molecular formula is C26H38FN5O2. The number of halogens is 1. The van der Waals surface area contributed by atoms with Crippen molar-refractivity contribution in [3.63, 3.8) is 0 Å². The molecule has 3 fully saturated rings. The Kier molecular flexibility index (Phi) is 7.34. The quantitative estimate of drug-likeness (QED) is 0.672. The number of hydrogen-bond acceptors (Lipinski definition) is 7. The third kappa shape index (κ3) is 5.81. The lowest BCUT2D eigenvalue weighted by molar-refractivity contribution is -0.207. The molecule has 1 aromatic carbocycles. The number of nitrogens with one attached hydrogen (secondary N) is 1. The van der Waals surface area contributed by atoms with Gasteiger partial charge >= 0.3 is 5.97 Å². The van der Waals surface area contributed by atoms with Gasteiger partial charge in [-0.2, -0.15) is 5.26 Å². The van der Waals surface area contributed by atoms with E-state index < -0.39 is 11.0 Å². The molecule has 7 nitrogen and oxygen atoms in total. The van der Waals surface area contributed by atoms with Gasteiger partial charge in [0.2, 0.25) is 0 Å². The summed E-state index contributed by atoms with van der Waals surface area (Å²) >= 11 is 0. The molecule has 2 heterocycles. The third-order valence-corrected chi connectivity index (χ3v) is 7.38. The first kappa shape index (κ1) is 24.7. The lowest BCUT2D eigenvalue weighted by Gasteiger charge is -2.39. The normalized spacial score (nSPS) is 22.0. The van der Waals surface area contributed by atoms with Gasteiger partial charge in [-0.15, -0.1) is 5.06 Å². The van der Waals surface area contributed by atoms with Crippen molar-refractivity contribution in [2.45, 2.75) is 58.4 Å². The summed E-state index contributed by atoms with van der Waals surface area (Å²) in [6.07, 6.45) is 4.75. The van der Waals surface area contributed by atoms with Crippen molar-refractivity contribution in [3.8, 4) is 6.07 Å². The average Bonchev–Trinajstić information content (AvgIpc) is 2.78. The number of carbonyl (C=O) groups is 1. The van der Waals surface area contributed by atoms with Gasteiger partial charge in [0.05, 0.1) is 17.2 Å². The minimum Gasteiger partial charge on any atom is -0.369 e. The summed E-state index contributed by atoms with van der Waals surface area (Å²) < 4.78 is 14.9. The van der Waals surface area contributed by atoms with Gasteiger partial charge in [0.1, 0.15) is 11.4 Å². The molecule has 8 heteroatoms. The second-order valence-electron chi connectivity index (χ2n) is 11.1. The summed E-state index contributed by atoms with van der Waals surface area (Å²) in [5, 5.41) is 14.4. The van der Waals surface area contributed by atoms with Crippen LogP contribution in [-0.2, 0) is 9.63 Å². The van der Waals surface area contributed by atoms with Crippen LogP contribution in [0.5, 0.6) is 0 Å². The molecule has 4 rings (SSSR count). The molecule has 1 aromatic rings. The van der Waals surface area contributed by atoms with E-state index in [1.54, 1.807) is 5.06 Å². The number of anilines is 2. The molecule has 3 aliphatic rings. The summed E-state index contributed by atoms with van der Waals surface area (Å²) in [5.41, 5.74) is 0.325. The monoisotopic (exact) mass is 471 g/mol. The van der Waals surface area contributed by atoms with Crippen LogP contribution in [0.25, 0.3) is 0 Å². The predicted octanol–water partition coefficient (Wildman–Crippen LogP) is 4.02. The minimum absolute atomic E-state index is 0.183. The highest BCUT2D eigenvalue weighted by Gasteiger charge is 2.37. The van der Waals surface area contributed by atoms with Crippen molar-refractivity contribution in [1.29, 1.82) is 5.26 Å². The smallest absolute Gasteiger partial charge is 0.330 e. The van der Waals surface area contributed by atoms with E-state index in [0.717, 1.165) is 77.9 Å². The molecule has 34 heavy (non-hydrogen) atoms. The van der Waals surface area contributed by atoms with Crippen molar-refractivity contribution in [2.24, 2.45) is 11.3 Å². The topological polar surface area (TPSA) is 71.8 Å². The van der Waals surface area contributed by atoms with Crippen molar-refractivity contribution in [2.75, 3.05) is 56.0 Å². The summed E-state index contributed by atoms with van der Waals surface area (Å²) in [4.78, 5) is 22.2. The van der Waals surface area contributed by atoms with E-state index in [4.69, 9.17) is 4.84 Å². The van der Waals surface area contributed by atoms with Crippen molar-refractivity contribution in [3.05, 3.63) is 24.0 Å². The van der Waals surface area contributed by atoms with Gasteiger partial charge in [-0.1, -0.05) is 0 Å². The first-order valence-corrected chi connectivity index (χ1v) is 12.6. The number of rotatable bonds is 6. The molecule has 2 aliphatic heterocycles. The number of piperidine rings is 1. The number of nitriles is 1. The lowest BCUT2D eigenvalue weighted by Crippen LogP contribution is -2.50. The molecule has 0 radical (unpaired) electrons. The summed E-state index contributed by atoms with van der Waals surface area (Å²) in [5.74, 6) is 0.187. The van der Waals surface area contributed by atoms with Gasteiger partial charge in [-0.25, -0.2) is 9.18 Å². The van der Waals surface area contributed by atoms with Crippen LogP contribution in [0.15, 0.2) is 18.2 Å². The fraction of sp³-hybridized carbons (Fsp3) is 0.692. The first-order valence-electron chi connectivity index (χ1n) is 12.6. The second kappa shape index (κ2) is 10.1. The molecule has 1 N–H and O–H groups in total. The third-order valence-electron chi connectivity index (χ3n) is 7.38. The number of nitrogens with zero attached hydrogens (tertiary/aromatic N) is 4.